The van der Waals surface area contributed by atoms with Crippen molar-refractivity contribution in [3.8, 4) is 5.75 Å². The molecule has 1 aromatic carbocycles. The van der Waals surface area contributed by atoms with Gasteiger partial charge in [-0.05, 0) is 24.1 Å². The standard InChI is InChI=1S/C15H25NO/c1-2-3-4-5-6-7-11-17-15-10-8-9-14(12-15)13-16/h8-10,12H,2-7,11,13,16H2,1H3. The molecule has 0 unspecified atom stereocenters. The smallest absolute Gasteiger partial charge is 0.119 e. The largest absolute Gasteiger partial charge is 0.494 e. The number of unbranched alkanes of at least 4 members (excludes halogenated alkanes) is 5. The van der Waals surface area contributed by atoms with Gasteiger partial charge >= 0.3 is 0 Å². The Morgan fingerprint density at radius 3 is 2.59 bits per heavy atom. The fraction of sp³-hybridized carbons (Fsp3) is 0.600. The number of nitrogens with two attached hydrogens (primary N) is 1. The van der Waals surface area contributed by atoms with Crippen LogP contribution in [0.2, 0.25) is 0 Å². The first-order valence-corrected chi connectivity index (χ1v) is 6.78. The summed E-state index contributed by atoms with van der Waals surface area (Å²) in [5.74, 6) is 0.946. The molecule has 0 fully saturated rings. The van der Waals surface area contributed by atoms with Gasteiger partial charge in [-0.1, -0.05) is 51.2 Å². The van der Waals surface area contributed by atoms with E-state index in [0.717, 1.165) is 24.3 Å². The molecule has 0 aliphatic heterocycles. The predicted octanol–water partition coefficient (Wildman–Crippen LogP) is 3.88. The highest BCUT2D eigenvalue weighted by Crippen LogP contribution is 2.13. The summed E-state index contributed by atoms with van der Waals surface area (Å²) in [6.45, 7) is 3.64. The van der Waals surface area contributed by atoms with Crippen molar-refractivity contribution in [2.75, 3.05) is 6.61 Å². The van der Waals surface area contributed by atoms with Crippen LogP contribution in [0.25, 0.3) is 0 Å². The molecule has 1 aromatic rings. The zero-order valence-corrected chi connectivity index (χ0v) is 11.0. The molecule has 0 saturated heterocycles. The Balaban J connectivity index is 2.09. The minimum absolute atomic E-state index is 0.578. The molecule has 0 heterocycles. The maximum atomic E-state index is 5.70. The third-order valence-electron chi connectivity index (χ3n) is 2.90. The topological polar surface area (TPSA) is 35.2 Å². The van der Waals surface area contributed by atoms with Gasteiger partial charge in [0.15, 0.2) is 0 Å². The first-order chi connectivity index (χ1) is 8.36. The van der Waals surface area contributed by atoms with Crippen LogP contribution in [0.4, 0.5) is 0 Å². The molecule has 0 aliphatic carbocycles. The molecule has 96 valence electrons. The van der Waals surface area contributed by atoms with Gasteiger partial charge in [-0.25, -0.2) is 0 Å². The third-order valence-corrected chi connectivity index (χ3v) is 2.90. The average Bonchev–Trinajstić information content (AvgIpc) is 2.38. The van der Waals surface area contributed by atoms with E-state index < -0.39 is 0 Å². The van der Waals surface area contributed by atoms with E-state index in [0.29, 0.717) is 6.54 Å². The normalized spacial score (nSPS) is 10.5. The monoisotopic (exact) mass is 235 g/mol. The Morgan fingerprint density at radius 2 is 1.82 bits per heavy atom. The third kappa shape index (κ3) is 6.32. The molecule has 0 bridgehead atoms. The van der Waals surface area contributed by atoms with Gasteiger partial charge in [0.2, 0.25) is 0 Å². The highest BCUT2D eigenvalue weighted by molar-refractivity contribution is 5.28. The molecule has 17 heavy (non-hydrogen) atoms. The highest BCUT2D eigenvalue weighted by atomic mass is 16.5. The molecule has 0 amide bonds. The van der Waals surface area contributed by atoms with Crippen molar-refractivity contribution < 1.29 is 4.74 Å². The highest BCUT2D eigenvalue weighted by Gasteiger charge is 1.95. The van der Waals surface area contributed by atoms with Crippen LogP contribution in [0.3, 0.4) is 0 Å². The van der Waals surface area contributed by atoms with Crippen molar-refractivity contribution in [2.45, 2.75) is 52.0 Å². The van der Waals surface area contributed by atoms with Gasteiger partial charge in [-0.15, -0.1) is 0 Å². The summed E-state index contributed by atoms with van der Waals surface area (Å²) in [5, 5.41) is 0. The lowest BCUT2D eigenvalue weighted by atomic mass is 10.1. The van der Waals surface area contributed by atoms with E-state index in [4.69, 9.17) is 10.5 Å². The van der Waals surface area contributed by atoms with Crippen molar-refractivity contribution in [1.29, 1.82) is 0 Å². The average molecular weight is 235 g/mol. The van der Waals surface area contributed by atoms with Gasteiger partial charge in [0, 0.05) is 6.54 Å². The SMILES string of the molecule is CCCCCCCCOc1cccc(CN)c1. The molecule has 2 heteroatoms. The lowest BCUT2D eigenvalue weighted by Gasteiger charge is -2.07. The van der Waals surface area contributed by atoms with Crippen LogP contribution in [0, 0.1) is 0 Å². The summed E-state index contributed by atoms with van der Waals surface area (Å²) in [7, 11) is 0. The minimum atomic E-state index is 0.578. The molecular formula is C15H25NO. The fourth-order valence-corrected chi connectivity index (χ4v) is 1.83. The second-order valence-electron chi connectivity index (χ2n) is 4.47. The van der Waals surface area contributed by atoms with E-state index in [9.17, 15) is 0 Å². The predicted molar refractivity (Wildman–Crippen MR) is 73.2 cm³/mol. The molecule has 0 atom stereocenters. The van der Waals surface area contributed by atoms with E-state index in [2.05, 4.69) is 6.92 Å². The molecule has 0 spiro atoms. The van der Waals surface area contributed by atoms with Gasteiger partial charge in [-0.2, -0.15) is 0 Å². The van der Waals surface area contributed by atoms with E-state index in [1.807, 2.05) is 24.3 Å². The van der Waals surface area contributed by atoms with Crippen molar-refractivity contribution in [2.24, 2.45) is 5.73 Å². The first-order valence-electron chi connectivity index (χ1n) is 6.78. The molecule has 1 rings (SSSR count). The number of hydrogen-bond donors (Lipinski definition) is 1. The lowest BCUT2D eigenvalue weighted by molar-refractivity contribution is 0.304. The Bertz CT molecular complexity index is 299. The summed E-state index contributed by atoms with van der Waals surface area (Å²) in [6, 6.07) is 8.05. The van der Waals surface area contributed by atoms with Crippen LogP contribution in [0.1, 0.15) is 51.0 Å². The number of benzene rings is 1. The van der Waals surface area contributed by atoms with E-state index >= 15 is 0 Å². The summed E-state index contributed by atoms with van der Waals surface area (Å²) < 4.78 is 5.70. The van der Waals surface area contributed by atoms with Crippen molar-refractivity contribution in [1.82, 2.24) is 0 Å². The molecule has 2 N–H and O–H groups in total. The van der Waals surface area contributed by atoms with Crippen molar-refractivity contribution in [3.63, 3.8) is 0 Å². The van der Waals surface area contributed by atoms with Crippen LogP contribution in [0.5, 0.6) is 5.75 Å². The van der Waals surface area contributed by atoms with Gasteiger partial charge in [0.25, 0.3) is 0 Å². The second-order valence-corrected chi connectivity index (χ2v) is 4.47. The van der Waals surface area contributed by atoms with E-state index in [-0.39, 0.29) is 0 Å². The molecule has 0 aromatic heterocycles. The van der Waals surface area contributed by atoms with Gasteiger partial charge in [0.1, 0.15) is 5.75 Å². The second kappa shape index (κ2) is 9.06. The van der Waals surface area contributed by atoms with Gasteiger partial charge in [0.05, 0.1) is 6.61 Å². The van der Waals surface area contributed by atoms with Gasteiger partial charge in [-0.3, -0.25) is 0 Å². The number of ether oxygens (including phenoxy) is 1. The Hall–Kier alpha value is -1.02. The lowest BCUT2D eigenvalue weighted by Crippen LogP contribution is -2.00. The number of rotatable bonds is 9. The van der Waals surface area contributed by atoms with Gasteiger partial charge < -0.3 is 10.5 Å². The van der Waals surface area contributed by atoms with Crippen LogP contribution < -0.4 is 10.5 Å². The molecular weight excluding hydrogens is 210 g/mol. The minimum Gasteiger partial charge on any atom is -0.494 e. The van der Waals surface area contributed by atoms with Crippen LogP contribution in [0.15, 0.2) is 24.3 Å². The first kappa shape index (κ1) is 14.0. The fourth-order valence-electron chi connectivity index (χ4n) is 1.83. The maximum absolute atomic E-state index is 5.70. The Morgan fingerprint density at radius 1 is 1.06 bits per heavy atom. The maximum Gasteiger partial charge on any atom is 0.119 e. The summed E-state index contributed by atoms with van der Waals surface area (Å²) in [4.78, 5) is 0. The van der Waals surface area contributed by atoms with Crippen molar-refractivity contribution >= 4 is 0 Å². The van der Waals surface area contributed by atoms with Crippen LogP contribution >= 0.6 is 0 Å². The van der Waals surface area contributed by atoms with Crippen LogP contribution in [-0.2, 0) is 6.54 Å². The quantitative estimate of drug-likeness (QED) is 0.659. The molecule has 0 aliphatic rings. The molecule has 2 nitrogen and oxygen atoms in total. The van der Waals surface area contributed by atoms with E-state index in [1.165, 1.54) is 32.1 Å². The Kier molecular flexibility index (Phi) is 7.48. The number of hydrogen-bond acceptors (Lipinski definition) is 2. The zero-order valence-electron chi connectivity index (χ0n) is 11.0. The summed E-state index contributed by atoms with van der Waals surface area (Å²) >= 11 is 0. The van der Waals surface area contributed by atoms with Crippen molar-refractivity contribution in [3.05, 3.63) is 29.8 Å². The summed E-state index contributed by atoms with van der Waals surface area (Å²) in [5.41, 5.74) is 6.72. The van der Waals surface area contributed by atoms with E-state index in [1.54, 1.807) is 0 Å². The Labute approximate surface area is 105 Å². The van der Waals surface area contributed by atoms with Crippen LogP contribution in [-0.4, -0.2) is 6.61 Å². The molecule has 0 saturated carbocycles. The zero-order chi connectivity index (χ0) is 12.3. The molecule has 0 radical (unpaired) electrons. The summed E-state index contributed by atoms with van der Waals surface area (Å²) in [6.07, 6.45) is 7.79.